The summed E-state index contributed by atoms with van der Waals surface area (Å²) in [5, 5.41) is 4.51. The van der Waals surface area contributed by atoms with Gasteiger partial charge >= 0.3 is 5.97 Å². The van der Waals surface area contributed by atoms with Gasteiger partial charge in [0, 0.05) is 24.2 Å². The number of methoxy groups -OCH3 is 1. The van der Waals surface area contributed by atoms with Gasteiger partial charge < -0.3 is 9.47 Å². The molecule has 2 aromatic heterocycles. The molecule has 1 aromatic carbocycles. The molecule has 0 spiro atoms. The largest absolute Gasteiger partial charge is 0.496 e. The number of hydrogen-bond donors (Lipinski definition) is 0. The second-order valence-corrected chi connectivity index (χ2v) is 10.6. The maximum Gasteiger partial charge on any atom is 0.317 e. The van der Waals surface area contributed by atoms with E-state index in [-0.39, 0.29) is 24.5 Å². The Morgan fingerprint density at radius 1 is 1.14 bits per heavy atom. The number of aryl methyl sites for hydroxylation is 4. The van der Waals surface area contributed by atoms with E-state index in [4.69, 9.17) is 9.47 Å². The highest BCUT2D eigenvalue weighted by Gasteiger charge is 2.51. The highest BCUT2D eigenvalue weighted by molar-refractivity contribution is 6.01. The summed E-state index contributed by atoms with van der Waals surface area (Å²) in [6.45, 7) is 5.96. The maximum atomic E-state index is 13.5. The molecule has 196 valence electrons. The number of carbonyl (C=O) groups is 2. The number of Topliss-reactive ketones (excluding diaryl/α,β-unsaturated/α-hetero) is 1. The number of aromatic nitrogens is 4. The van der Waals surface area contributed by atoms with Crippen LogP contribution in [0.4, 0.5) is 0 Å². The van der Waals surface area contributed by atoms with Crippen LogP contribution in [-0.2, 0) is 33.6 Å². The number of fused-ring (bicyclic) bond motifs is 1. The number of carbonyl (C=O) groups excluding carboxylic acids is 2. The van der Waals surface area contributed by atoms with Crippen LogP contribution in [0.5, 0.6) is 5.75 Å². The molecule has 0 N–H and O–H groups in total. The van der Waals surface area contributed by atoms with Crippen LogP contribution in [0.25, 0.3) is 5.78 Å². The molecule has 8 heteroatoms. The van der Waals surface area contributed by atoms with Crippen LogP contribution in [0.15, 0.2) is 24.3 Å². The lowest BCUT2D eigenvalue weighted by atomic mass is 9.73. The van der Waals surface area contributed by atoms with E-state index in [2.05, 4.69) is 34.1 Å². The lowest BCUT2D eigenvalue weighted by Gasteiger charge is -2.43. The predicted octanol–water partition coefficient (Wildman–Crippen LogP) is 4.55. The molecule has 2 atom stereocenters. The van der Waals surface area contributed by atoms with Crippen molar-refractivity contribution in [3.63, 3.8) is 0 Å². The number of ether oxygens (including phenoxy) is 2. The summed E-state index contributed by atoms with van der Waals surface area (Å²) < 4.78 is 13.6. The predicted molar refractivity (Wildman–Crippen MR) is 139 cm³/mol. The molecule has 0 bridgehead atoms. The van der Waals surface area contributed by atoms with Crippen molar-refractivity contribution in [1.82, 2.24) is 19.6 Å². The van der Waals surface area contributed by atoms with Crippen molar-refractivity contribution in [1.29, 1.82) is 0 Å². The van der Waals surface area contributed by atoms with Gasteiger partial charge in [0.1, 0.15) is 17.3 Å². The summed E-state index contributed by atoms with van der Waals surface area (Å²) in [5.41, 5.74) is 3.32. The third kappa shape index (κ3) is 4.98. The topological polar surface area (TPSA) is 95.7 Å². The maximum absolute atomic E-state index is 13.5. The fraction of sp³-hybridized carbons (Fsp3) is 0.552. The van der Waals surface area contributed by atoms with E-state index in [0.29, 0.717) is 24.4 Å². The molecule has 3 aromatic rings. The van der Waals surface area contributed by atoms with Crippen LogP contribution < -0.4 is 4.74 Å². The fourth-order valence-electron chi connectivity index (χ4n) is 6.15. The fourth-order valence-corrected chi connectivity index (χ4v) is 6.15. The van der Waals surface area contributed by atoms with Crippen molar-refractivity contribution in [2.45, 2.75) is 84.2 Å². The molecule has 1 aliphatic heterocycles. The van der Waals surface area contributed by atoms with Crippen molar-refractivity contribution >= 4 is 17.5 Å². The molecule has 1 saturated carbocycles. The summed E-state index contributed by atoms with van der Waals surface area (Å²) in [7, 11) is 1.68. The smallest absolute Gasteiger partial charge is 0.317 e. The van der Waals surface area contributed by atoms with Crippen molar-refractivity contribution in [2.24, 2.45) is 11.8 Å². The van der Waals surface area contributed by atoms with Crippen molar-refractivity contribution in [3.8, 4) is 5.75 Å². The Hall–Kier alpha value is -3.29. The van der Waals surface area contributed by atoms with E-state index in [1.807, 2.05) is 26.0 Å². The first kappa shape index (κ1) is 25.4. The van der Waals surface area contributed by atoms with Gasteiger partial charge in [-0.1, -0.05) is 31.9 Å². The van der Waals surface area contributed by atoms with Crippen molar-refractivity contribution < 1.29 is 19.1 Å². The molecule has 2 aliphatic rings. The molecule has 3 heterocycles. The first-order valence-electron chi connectivity index (χ1n) is 13.4. The van der Waals surface area contributed by atoms with Gasteiger partial charge in [0.25, 0.3) is 5.78 Å². The minimum atomic E-state index is -0.883. The summed E-state index contributed by atoms with van der Waals surface area (Å²) in [6.07, 6.45) is 6.79. The number of nitrogens with zero attached hydrogens (tertiary/aromatic N) is 4. The van der Waals surface area contributed by atoms with Crippen LogP contribution >= 0.6 is 0 Å². The van der Waals surface area contributed by atoms with Crippen LogP contribution in [0, 0.1) is 25.7 Å². The molecular formula is C29H36N4O4. The molecule has 1 saturated heterocycles. The molecular weight excluding hydrogens is 468 g/mol. The molecule has 8 nitrogen and oxygen atoms in total. The Morgan fingerprint density at radius 3 is 2.62 bits per heavy atom. The van der Waals surface area contributed by atoms with Gasteiger partial charge in [-0.05, 0) is 75.1 Å². The van der Waals surface area contributed by atoms with Crippen LogP contribution in [0.2, 0.25) is 0 Å². The minimum Gasteiger partial charge on any atom is -0.496 e. The van der Waals surface area contributed by atoms with Crippen LogP contribution in [0.3, 0.4) is 0 Å². The summed E-state index contributed by atoms with van der Waals surface area (Å²) in [6, 6.07) is 8.18. The average Bonchev–Trinajstić information content (AvgIpc) is 3.55. The van der Waals surface area contributed by atoms with Gasteiger partial charge in [0.2, 0.25) is 0 Å². The second-order valence-electron chi connectivity index (χ2n) is 10.6. The van der Waals surface area contributed by atoms with Gasteiger partial charge in [-0.25, -0.2) is 9.50 Å². The summed E-state index contributed by atoms with van der Waals surface area (Å²) in [5.74, 6) is 0.547. The highest BCUT2D eigenvalue weighted by Crippen LogP contribution is 2.45. The van der Waals surface area contributed by atoms with Crippen LogP contribution in [-0.4, -0.2) is 44.0 Å². The monoisotopic (exact) mass is 504 g/mol. The quantitative estimate of drug-likeness (QED) is 0.328. The van der Waals surface area contributed by atoms with Gasteiger partial charge in [0.05, 0.1) is 7.11 Å². The summed E-state index contributed by atoms with van der Waals surface area (Å²) >= 11 is 0. The van der Waals surface area contributed by atoms with Crippen molar-refractivity contribution in [2.75, 3.05) is 7.11 Å². The number of cyclic esters (lactones) is 1. The summed E-state index contributed by atoms with van der Waals surface area (Å²) in [4.78, 5) is 35.9. The average molecular weight is 505 g/mol. The molecule has 0 amide bonds. The number of hydrogen-bond acceptors (Lipinski definition) is 7. The zero-order chi connectivity index (χ0) is 26.2. The molecule has 37 heavy (non-hydrogen) atoms. The van der Waals surface area contributed by atoms with Crippen LogP contribution in [0.1, 0.15) is 73.8 Å². The number of esters is 1. The Morgan fingerprint density at radius 2 is 1.92 bits per heavy atom. The molecule has 5 rings (SSSR count). The minimum absolute atomic E-state index is 0.0721. The lowest BCUT2D eigenvalue weighted by molar-refractivity contribution is -0.185. The Labute approximate surface area is 217 Å². The van der Waals surface area contributed by atoms with E-state index in [0.717, 1.165) is 54.8 Å². The zero-order valence-electron chi connectivity index (χ0n) is 22.2. The first-order chi connectivity index (χ1) is 17.8. The molecule has 2 unspecified atom stereocenters. The Bertz CT molecular complexity index is 1310. The van der Waals surface area contributed by atoms with E-state index in [9.17, 15) is 9.59 Å². The normalized spacial score (nSPS) is 22.5. The number of benzene rings is 1. The molecule has 0 radical (unpaired) electrons. The zero-order valence-corrected chi connectivity index (χ0v) is 22.2. The van der Waals surface area contributed by atoms with E-state index in [1.165, 1.54) is 5.56 Å². The highest BCUT2D eigenvalue weighted by atomic mass is 16.6. The Balaban J connectivity index is 1.37. The van der Waals surface area contributed by atoms with E-state index < -0.39 is 17.5 Å². The lowest BCUT2D eigenvalue weighted by Crippen LogP contribution is -2.52. The SMILES string of the molecule is CCc1ccc(OC)c(CCC2(C3CCCC3)CC(=O)C(Cc3nc4nc(C)cc(C)n4n3)C(=O)O2)c1. The molecule has 2 fully saturated rings. The van der Waals surface area contributed by atoms with Gasteiger partial charge in [0.15, 0.2) is 11.6 Å². The molecule has 1 aliphatic carbocycles. The van der Waals surface area contributed by atoms with E-state index >= 15 is 0 Å². The third-order valence-corrected chi connectivity index (χ3v) is 8.17. The standard InChI is InChI=1S/C29H36N4O4/c1-5-20-10-11-25(36-4)21(15-20)12-13-29(22-8-6-7-9-22)17-24(34)23(27(35)37-29)16-26-31-28-30-18(2)14-19(3)33(28)32-26/h10-11,14-15,22-23H,5-9,12-13,16-17H2,1-4H3. The van der Waals surface area contributed by atoms with Crippen molar-refractivity contribution in [3.05, 3.63) is 52.6 Å². The van der Waals surface area contributed by atoms with Gasteiger partial charge in [-0.3, -0.25) is 9.59 Å². The Kier molecular flexibility index (Phi) is 7.01. The number of ketones is 1. The van der Waals surface area contributed by atoms with Gasteiger partial charge in [-0.15, -0.1) is 5.10 Å². The third-order valence-electron chi connectivity index (χ3n) is 8.17. The van der Waals surface area contributed by atoms with Gasteiger partial charge in [-0.2, -0.15) is 4.98 Å². The van der Waals surface area contributed by atoms with E-state index in [1.54, 1.807) is 11.6 Å². The first-order valence-corrected chi connectivity index (χ1v) is 13.4. The number of rotatable bonds is 8. The second kappa shape index (κ2) is 10.2.